The van der Waals surface area contributed by atoms with Crippen molar-refractivity contribution in [3.05, 3.63) is 23.8 Å². The maximum atomic E-state index is 11.5. The van der Waals surface area contributed by atoms with Crippen LogP contribution < -0.4 is 10.6 Å². The Morgan fingerprint density at radius 3 is 2.50 bits per heavy atom. The molecule has 0 saturated carbocycles. The average Bonchev–Trinajstić information content (AvgIpc) is 2.35. The normalized spacial score (nSPS) is 10.5. The van der Waals surface area contributed by atoms with Crippen LogP contribution in [0.1, 0.15) is 10.4 Å². The maximum absolute atomic E-state index is 11.5. The van der Waals surface area contributed by atoms with Crippen LogP contribution in [0.4, 0.5) is 11.4 Å². The summed E-state index contributed by atoms with van der Waals surface area (Å²) in [5.74, 6) is -0.407. The zero-order valence-corrected chi connectivity index (χ0v) is 11.4. The molecule has 5 heteroatoms. The van der Waals surface area contributed by atoms with Gasteiger partial charge in [-0.15, -0.1) is 0 Å². The van der Waals surface area contributed by atoms with Crippen LogP contribution in [-0.4, -0.2) is 52.2 Å². The molecule has 0 aliphatic rings. The minimum Gasteiger partial charge on any atom is -0.465 e. The van der Waals surface area contributed by atoms with Gasteiger partial charge >= 0.3 is 5.97 Å². The van der Waals surface area contributed by atoms with E-state index in [1.165, 1.54) is 7.11 Å². The van der Waals surface area contributed by atoms with Gasteiger partial charge in [-0.3, -0.25) is 0 Å². The van der Waals surface area contributed by atoms with E-state index >= 15 is 0 Å². The van der Waals surface area contributed by atoms with Crippen molar-refractivity contribution in [2.75, 3.05) is 52.0 Å². The van der Waals surface area contributed by atoms with Gasteiger partial charge in [-0.05, 0) is 32.3 Å². The third-order valence-corrected chi connectivity index (χ3v) is 2.77. The van der Waals surface area contributed by atoms with E-state index < -0.39 is 5.97 Å². The Balaban J connectivity index is 2.87. The van der Waals surface area contributed by atoms with Gasteiger partial charge in [0.15, 0.2) is 0 Å². The highest BCUT2D eigenvalue weighted by atomic mass is 16.5. The van der Waals surface area contributed by atoms with Crippen molar-refractivity contribution < 1.29 is 9.53 Å². The van der Waals surface area contributed by atoms with Gasteiger partial charge in [0.2, 0.25) is 0 Å². The predicted molar refractivity (Wildman–Crippen MR) is 74.0 cm³/mol. The van der Waals surface area contributed by atoms with Crippen LogP contribution in [0.3, 0.4) is 0 Å². The predicted octanol–water partition coefficient (Wildman–Crippen LogP) is 1.05. The largest absolute Gasteiger partial charge is 0.465 e. The summed E-state index contributed by atoms with van der Waals surface area (Å²) in [7, 11) is 7.38. The number of nitrogen functional groups attached to an aromatic ring is 1. The number of carbonyl (C=O) groups is 1. The Labute approximate surface area is 108 Å². The molecule has 100 valence electrons. The van der Waals surface area contributed by atoms with Crippen molar-refractivity contribution in [3.63, 3.8) is 0 Å². The molecule has 0 atom stereocenters. The summed E-state index contributed by atoms with van der Waals surface area (Å²) in [5.41, 5.74) is 7.56. The lowest BCUT2D eigenvalue weighted by Crippen LogP contribution is -2.28. The highest BCUT2D eigenvalue weighted by molar-refractivity contribution is 5.96. The lowest BCUT2D eigenvalue weighted by Gasteiger charge is -2.22. The van der Waals surface area contributed by atoms with Crippen LogP contribution >= 0.6 is 0 Å². The number of likely N-dealkylation sites (N-methyl/N-ethyl adjacent to an activating group) is 2. The van der Waals surface area contributed by atoms with Crippen LogP contribution in [0.15, 0.2) is 18.2 Å². The molecule has 1 rings (SSSR count). The Morgan fingerprint density at radius 1 is 1.28 bits per heavy atom. The zero-order chi connectivity index (χ0) is 13.7. The lowest BCUT2D eigenvalue weighted by molar-refractivity contribution is 0.0602. The van der Waals surface area contributed by atoms with E-state index in [4.69, 9.17) is 10.5 Å². The maximum Gasteiger partial charge on any atom is 0.340 e. The number of nitrogens with two attached hydrogens (primary N) is 1. The quantitative estimate of drug-likeness (QED) is 0.626. The van der Waals surface area contributed by atoms with Gasteiger partial charge in [-0.2, -0.15) is 0 Å². The number of benzene rings is 1. The fourth-order valence-electron chi connectivity index (χ4n) is 1.55. The third kappa shape index (κ3) is 3.63. The van der Waals surface area contributed by atoms with Gasteiger partial charge in [0, 0.05) is 31.5 Å². The van der Waals surface area contributed by atoms with Crippen LogP contribution in [0, 0.1) is 0 Å². The monoisotopic (exact) mass is 251 g/mol. The fraction of sp³-hybridized carbons (Fsp3) is 0.462. The van der Waals surface area contributed by atoms with E-state index in [1.807, 2.05) is 27.2 Å². The lowest BCUT2D eigenvalue weighted by atomic mass is 10.1. The molecule has 0 radical (unpaired) electrons. The van der Waals surface area contributed by atoms with E-state index in [0.717, 1.165) is 18.8 Å². The summed E-state index contributed by atoms with van der Waals surface area (Å²) >= 11 is 0. The summed E-state index contributed by atoms with van der Waals surface area (Å²) in [6.07, 6.45) is 0. The highest BCUT2D eigenvalue weighted by Gasteiger charge is 2.12. The molecule has 0 spiro atoms. The molecule has 1 aromatic carbocycles. The first kappa shape index (κ1) is 14.3. The molecule has 0 saturated heterocycles. The molecule has 5 nitrogen and oxygen atoms in total. The minimum absolute atomic E-state index is 0.407. The minimum atomic E-state index is -0.407. The zero-order valence-electron chi connectivity index (χ0n) is 11.4. The molecule has 1 aromatic rings. The molecule has 0 aliphatic carbocycles. The third-order valence-electron chi connectivity index (χ3n) is 2.77. The van der Waals surface area contributed by atoms with E-state index in [-0.39, 0.29) is 0 Å². The average molecular weight is 251 g/mol. The van der Waals surface area contributed by atoms with Gasteiger partial charge in [0.1, 0.15) is 0 Å². The topological polar surface area (TPSA) is 58.8 Å². The Bertz CT molecular complexity index is 419. The van der Waals surface area contributed by atoms with Crippen LogP contribution in [0.25, 0.3) is 0 Å². The smallest absolute Gasteiger partial charge is 0.340 e. The number of methoxy groups -OCH3 is 1. The second-order valence-corrected chi connectivity index (χ2v) is 4.49. The first-order chi connectivity index (χ1) is 8.45. The molecule has 18 heavy (non-hydrogen) atoms. The molecule has 0 fully saturated rings. The van der Waals surface area contributed by atoms with Crippen molar-refractivity contribution in [2.24, 2.45) is 0 Å². The van der Waals surface area contributed by atoms with Crippen molar-refractivity contribution in [1.29, 1.82) is 0 Å². The summed E-state index contributed by atoms with van der Waals surface area (Å²) < 4.78 is 4.70. The summed E-state index contributed by atoms with van der Waals surface area (Å²) in [4.78, 5) is 15.7. The van der Waals surface area contributed by atoms with Crippen LogP contribution in [0.2, 0.25) is 0 Å². The Hall–Kier alpha value is -1.75. The van der Waals surface area contributed by atoms with Crippen molar-refractivity contribution in [3.8, 4) is 0 Å². The first-order valence-corrected chi connectivity index (χ1v) is 5.79. The van der Waals surface area contributed by atoms with Gasteiger partial charge in [-0.1, -0.05) is 0 Å². The number of rotatable bonds is 5. The number of hydrogen-bond donors (Lipinski definition) is 1. The highest BCUT2D eigenvalue weighted by Crippen LogP contribution is 2.21. The molecule has 0 heterocycles. The number of anilines is 2. The molecule has 2 N–H and O–H groups in total. The first-order valence-electron chi connectivity index (χ1n) is 5.79. The van der Waals surface area contributed by atoms with Gasteiger partial charge in [0.25, 0.3) is 0 Å². The van der Waals surface area contributed by atoms with Crippen molar-refractivity contribution >= 4 is 17.3 Å². The standard InChI is InChI=1S/C13H21N3O2/c1-15(2)7-8-16(3)10-5-6-12(14)11(9-10)13(17)18-4/h5-6,9H,7-8,14H2,1-4H3. The van der Waals surface area contributed by atoms with E-state index in [2.05, 4.69) is 9.80 Å². The van der Waals surface area contributed by atoms with Crippen LogP contribution in [0.5, 0.6) is 0 Å². The van der Waals surface area contributed by atoms with E-state index in [0.29, 0.717) is 11.3 Å². The molecule has 0 aromatic heterocycles. The number of carbonyl (C=O) groups excluding carboxylic acids is 1. The van der Waals surface area contributed by atoms with Gasteiger partial charge in [0.05, 0.1) is 12.7 Å². The van der Waals surface area contributed by atoms with Gasteiger partial charge < -0.3 is 20.3 Å². The van der Waals surface area contributed by atoms with Crippen molar-refractivity contribution in [1.82, 2.24) is 4.90 Å². The Kier molecular flexibility index (Phi) is 4.97. The Morgan fingerprint density at radius 2 is 1.94 bits per heavy atom. The van der Waals surface area contributed by atoms with E-state index in [1.54, 1.807) is 12.1 Å². The second kappa shape index (κ2) is 6.26. The second-order valence-electron chi connectivity index (χ2n) is 4.49. The molecular formula is C13H21N3O2. The molecule has 0 unspecified atom stereocenters. The number of nitrogens with zero attached hydrogens (tertiary/aromatic N) is 2. The number of ether oxygens (including phenoxy) is 1. The van der Waals surface area contributed by atoms with E-state index in [9.17, 15) is 4.79 Å². The summed E-state index contributed by atoms with van der Waals surface area (Å²) in [5, 5.41) is 0. The van der Waals surface area contributed by atoms with Crippen molar-refractivity contribution in [2.45, 2.75) is 0 Å². The fourth-order valence-corrected chi connectivity index (χ4v) is 1.55. The number of hydrogen-bond acceptors (Lipinski definition) is 5. The van der Waals surface area contributed by atoms with Gasteiger partial charge in [-0.25, -0.2) is 4.79 Å². The SMILES string of the molecule is COC(=O)c1cc(N(C)CCN(C)C)ccc1N. The number of esters is 1. The van der Waals surface area contributed by atoms with Crippen LogP contribution in [-0.2, 0) is 4.74 Å². The molecule has 0 amide bonds. The molecule has 0 aliphatic heterocycles. The summed E-state index contributed by atoms with van der Waals surface area (Å²) in [6, 6.07) is 5.39. The molecular weight excluding hydrogens is 230 g/mol. The molecule has 0 bridgehead atoms. The summed E-state index contributed by atoms with van der Waals surface area (Å²) in [6.45, 7) is 1.81.